The third-order valence-electron chi connectivity index (χ3n) is 3.63. The smallest absolute Gasteiger partial charge is 0.234 e. The summed E-state index contributed by atoms with van der Waals surface area (Å²) < 4.78 is 16.7. The predicted octanol–water partition coefficient (Wildman–Crippen LogP) is 3.38. The van der Waals surface area contributed by atoms with E-state index >= 15 is 0 Å². The molecule has 2 rings (SSSR count). The summed E-state index contributed by atoms with van der Waals surface area (Å²) in [7, 11) is 1.58. The van der Waals surface area contributed by atoms with Crippen molar-refractivity contribution in [3.63, 3.8) is 0 Å². The van der Waals surface area contributed by atoms with Crippen LogP contribution in [0.15, 0.2) is 42.5 Å². The molecule has 142 valence electrons. The van der Waals surface area contributed by atoms with Crippen molar-refractivity contribution >= 4 is 17.5 Å². The molecule has 0 radical (unpaired) electrons. The molecule has 0 aliphatic rings. The predicted molar refractivity (Wildman–Crippen MR) is 102 cm³/mol. The third-order valence-corrected chi connectivity index (χ3v) is 3.88. The minimum Gasteiger partial charge on any atom is -0.493 e. The van der Waals surface area contributed by atoms with Gasteiger partial charge >= 0.3 is 0 Å². The highest BCUT2D eigenvalue weighted by Crippen LogP contribution is 2.28. The third kappa shape index (κ3) is 7.08. The largest absolute Gasteiger partial charge is 0.493 e. The van der Waals surface area contributed by atoms with E-state index in [1.807, 2.05) is 24.3 Å². The van der Waals surface area contributed by atoms with Gasteiger partial charge in [0, 0.05) is 11.6 Å². The second-order valence-electron chi connectivity index (χ2n) is 5.57. The maximum atomic E-state index is 11.3. The van der Waals surface area contributed by atoms with Crippen molar-refractivity contribution in [2.24, 2.45) is 0 Å². The van der Waals surface area contributed by atoms with Crippen LogP contribution in [0, 0.1) is 11.3 Å². The normalized spacial score (nSPS) is 9.96. The quantitative estimate of drug-likeness (QED) is 0.631. The zero-order valence-electron chi connectivity index (χ0n) is 15.0. The van der Waals surface area contributed by atoms with Crippen molar-refractivity contribution in [3.05, 3.63) is 53.1 Å². The molecular weight excluding hydrogens is 368 g/mol. The van der Waals surface area contributed by atoms with E-state index < -0.39 is 0 Å². The Hall–Kier alpha value is -2.91. The van der Waals surface area contributed by atoms with Crippen LogP contribution in [0.3, 0.4) is 0 Å². The van der Waals surface area contributed by atoms with Crippen LogP contribution in [-0.4, -0.2) is 32.8 Å². The van der Waals surface area contributed by atoms with Crippen LogP contribution in [0.2, 0.25) is 5.02 Å². The number of amides is 1. The van der Waals surface area contributed by atoms with Crippen molar-refractivity contribution in [3.8, 4) is 23.3 Å². The highest BCUT2D eigenvalue weighted by molar-refractivity contribution is 6.30. The Morgan fingerprint density at radius 1 is 1.11 bits per heavy atom. The van der Waals surface area contributed by atoms with E-state index in [2.05, 4.69) is 5.32 Å². The van der Waals surface area contributed by atoms with E-state index in [1.54, 1.807) is 31.4 Å². The van der Waals surface area contributed by atoms with Crippen molar-refractivity contribution in [1.82, 2.24) is 5.32 Å². The Labute approximate surface area is 163 Å². The average molecular weight is 389 g/mol. The first-order valence-corrected chi connectivity index (χ1v) is 8.82. The number of carbonyl (C=O) groups excluding carboxylic acids is 1. The van der Waals surface area contributed by atoms with Gasteiger partial charge < -0.3 is 19.5 Å². The van der Waals surface area contributed by atoms with E-state index in [9.17, 15) is 4.79 Å². The molecule has 0 atom stereocenters. The number of ether oxygens (including phenoxy) is 3. The van der Waals surface area contributed by atoms with Gasteiger partial charge in [0.05, 0.1) is 13.2 Å². The maximum Gasteiger partial charge on any atom is 0.234 e. The Morgan fingerprint density at radius 3 is 2.56 bits per heavy atom. The van der Waals surface area contributed by atoms with Gasteiger partial charge in [-0.15, -0.1) is 0 Å². The van der Waals surface area contributed by atoms with E-state index in [4.69, 9.17) is 31.1 Å². The first kappa shape index (κ1) is 20.4. The molecule has 0 saturated heterocycles. The van der Waals surface area contributed by atoms with Crippen LogP contribution >= 0.6 is 11.6 Å². The lowest BCUT2D eigenvalue weighted by Gasteiger charge is -2.13. The molecular formula is C20H21ClN2O4. The Morgan fingerprint density at radius 2 is 1.85 bits per heavy atom. The number of hydrogen-bond acceptors (Lipinski definition) is 5. The van der Waals surface area contributed by atoms with E-state index in [0.29, 0.717) is 42.7 Å². The van der Waals surface area contributed by atoms with Crippen LogP contribution in [0.4, 0.5) is 0 Å². The summed E-state index contributed by atoms with van der Waals surface area (Å²) in [5.74, 6) is 1.68. The van der Waals surface area contributed by atoms with Crippen molar-refractivity contribution in [1.29, 1.82) is 5.26 Å². The molecule has 0 aliphatic heterocycles. The molecule has 0 saturated carbocycles. The molecule has 1 N–H and O–H groups in total. The lowest BCUT2D eigenvalue weighted by atomic mass is 10.1. The SMILES string of the molecule is COc1ccc(CCNC(=O)CC#N)cc1OCCOc1ccc(Cl)cc1. The minimum absolute atomic E-state index is 0.134. The molecule has 0 bridgehead atoms. The Kier molecular flexibility index (Phi) is 8.27. The molecule has 0 aromatic heterocycles. The van der Waals surface area contributed by atoms with Crippen LogP contribution in [-0.2, 0) is 11.2 Å². The molecule has 2 aromatic rings. The lowest BCUT2D eigenvalue weighted by molar-refractivity contribution is -0.120. The van der Waals surface area contributed by atoms with Gasteiger partial charge in [-0.2, -0.15) is 5.26 Å². The standard InChI is InChI=1S/C20H21ClN2O4/c1-25-18-7-2-15(9-11-23-20(24)8-10-22)14-19(18)27-13-12-26-17-5-3-16(21)4-6-17/h2-7,14H,8-9,11-13H2,1H3,(H,23,24). The summed E-state index contributed by atoms with van der Waals surface area (Å²) in [6.07, 6.45) is 0.489. The van der Waals surface area contributed by atoms with Gasteiger partial charge in [-0.1, -0.05) is 17.7 Å². The second kappa shape index (κ2) is 10.9. The number of hydrogen-bond donors (Lipinski definition) is 1. The number of rotatable bonds is 10. The number of halogens is 1. The van der Waals surface area contributed by atoms with Gasteiger partial charge in [0.25, 0.3) is 0 Å². The topological polar surface area (TPSA) is 80.6 Å². The molecule has 7 heteroatoms. The summed E-state index contributed by atoms with van der Waals surface area (Å²) in [6.45, 7) is 1.17. The van der Waals surface area contributed by atoms with Crippen molar-refractivity contribution in [2.45, 2.75) is 12.8 Å². The number of nitrogens with one attached hydrogen (secondary N) is 1. The number of nitriles is 1. The Balaban J connectivity index is 1.84. The maximum absolute atomic E-state index is 11.3. The van der Waals surface area contributed by atoms with Crippen molar-refractivity contribution in [2.75, 3.05) is 26.9 Å². The van der Waals surface area contributed by atoms with Crippen LogP contribution < -0.4 is 19.5 Å². The highest BCUT2D eigenvalue weighted by Gasteiger charge is 2.07. The number of methoxy groups -OCH3 is 1. The van der Waals surface area contributed by atoms with Crippen molar-refractivity contribution < 1.29 is 19.0 Å². The molecule has 0 aliphatic carbocycles. The summed E-state index contributed by atoms with van der Waals surface area (Å²) in [6, 6.07) is 14.5. The zero-order valence-corrected chi connectivity index (χ0v) is 15.8. The van der Waals surface area contributed by atoms with E-state index in [1.165, 1.54) is 0 Å². The summed E-state index contributed by atoms with van der Waals surface area (Å²) in [4.78, 5) is 11.3. The molecule has 27 heavy (non-hydrogen) atoms. The average Bonchev–Trinajstić information content (AvgIpc) is 2.67. The number of benzene rings is 2. The zero-order chi connectivity index (χ0) is 19.5. The molecule has 0 fully saturated rings. The first-order chi connectivity index (χ1) is 13.1. The van der Waals surface area contributed by atoms with Gasteiger partial charge in [-0.3, -0.25) is 4.79 Å². The van der Waals surface area contributed by atoms with Gasteiger partial charge in [0.1, 0.15) is 25.4 Å². The first-order valence-electron chi connectivity index (χ1n) is 8.44. The van der Waals surface area contributed by atoms with Gasteiger partial charge in [0.2, 0.25) is 5.91 Å². The summed E-state index contributed by atoms with van der Waals surface area (Å²) >= 11 is 5.84. The Bertz CT molecular complexity index is 788. The molecule has 0 unspecified atom stereocenters. The number of nitrogens with zero attached hydrogens (tertiary/aromatic N) is 1. The fourth-order valence-corrected chi connectivity index (χ4v) is 2.44. The molecule has 1 amide bonds. The van der Waals surface area contributed by atoms with Gasteiger partial charge in [-0.05, 0) is 48.4 Å². The fourth-order valence-electron chi connectivity index (χ4n) is 2.31. The van der Waals surface area contributed by atoms with Crippen LogP contribution in [0.5, 0.6) is 17.2 Å². The molecule has 6 nitrogen and oxygen atoms in total. The lowest BCUT2D eigenvalue weighted by Crippen LogP contribution is -2.24. The monoisotopic (exact) mass is 388 g/mol. The summed E-state index contributed by atoms with van der Waals surface area (Å²) in [5, 5.41) is 11.8. The molecule has 2 aromatic carbocycles. The molecule has 0 heterocycles. The van der Waals surface area contributed by atoms with E-state index in [0.717, 1.165) is 11.3 Å². The van der Waals surface area contributed by atoms with Crippen LogP contribution in [0.25, 0.3) is 0 Å². The van der Waals surface area contributed by atoms with E-state index in [-0.39, 0.29) is 12.3 Å². The van der Waals surface area contributed by atoms with Gasteiger partial charge in [-0.25, -0.2) is 0 Å². The second-order valence-corrected chi connectivity index (χ2v) is 6.01. The van der Waals surface area contributed by atoms with Gasteiger partial charge in [0.15, 0.2) is 11.5 Å². The highest BCUT2D eigenvalue weighted by atomic mass is 35.5. The summed E-state index contributed by atoms with van der Waals surface area (Å²) in [5.41, 5.74) is 0.988. The van der Waals surface area contributed by atoms with Crippen LogP contribution in [0.1, 0.15) is 12.0 Å². The fraction of sp³-hybridized carbons (Fsp3) is 0.300. The minimum atomic E-state index is -0.276. The number of carbonyl (C=O) groups is 1. The molecule has 0 spiro atoms.